The molecule has 3 aromatic rings. The molecule has 3 aromatic carbocycles. The quantitative estimate of drug-likeness (QED) is 0.622. The third-order valence-corrected chi connectivity index (χ3v) is 5.59. The van der Waals surface area contributed by atoms with Gasteiger partial charge >= 0.3 is 0 Å². The maximum atomic E-state index is 12.8. The van der Waals surface area contributed by atoms with E-state index in [0.29, 0.717) is 12.2 Å². The minimum absolute atomic E-state index is 0.231. The molecule has 0 atom stereocenters. The van der Waals surface area contributed by atoms with Crippen LogP contribution in [0, 0.1) is 0 Å². The number of rotatable bonds is 8. The second kappa shape index (κ2) is 8.70. The Morgan fingerprint density at radius 3 is 2.11 bits per heavy atom. The van der Waals surface area contributed by atoms with Crippen molar-refractivity contribution in [3.63, 3.8) is 0 Å². The molecule has 2 N–H and O–H groups in total. The molecule has 0 fully saturated rings. The van der Waals surface area contributed by atoms with Gasteiger partial charge in [0.1, 0.15) is 10.6 Å². The van der Waals surface area contributed by atoms with Gasteiger partial charge in [0.25, 0.3) is 0 Å². The topological polar surface area (TPSA) is 67.4 Å². The summed E-state index contributed by atoms with van der Waals surface area (Å²) >= 11 is 0. The number of sulfonamides is 1. The highest BCUT2D eigenvalue weighted by Gasteiger charge is 2.17. The van der Waals surface area contributed by atoms with Crippen LogP contribution in [0.4, 0.5) is 5.69 Å². The minimum atomic E-state index is -3.64. The highest BCUT2D eigenvalue weighted by Crippen LogP contribution is 2.22. The van der Waals surface area contributed by atoms with Crippen molar-refractivity contribution in [2.75, 3.05) is 12.4 Å². The third-order valence-electron chi connectivity index (χ3n) is 4.13. The van der Waals surface area contributed by atoms with Gasteiger partial charge in [0.2, 0.25) is 10.0 Å². The molecule has 0 aliphatic rings. The summed E-state index contributed by atoms with van der Waals surface area (Å²) in [5, 5.41) is 3.21. The summed E-state index contributed by atoms with van der Waals surface area (Å²) in [6, 6.07) is 24.0. The molecule has 0 aliphatic heterocycles. The van der Waals surface area contributed by atoms with Crippen molar-refractivity contribution in [2.45, 2.75) is 18.0 Å². The molecule has 0 aromatic heterocycles. The van der Waals surface area contributed by atoms with E-state index < -0.39 is 10.0 Å². The van der Waals surface area contributed by atoms with Gasteiger partial charge in [-0.05, 0) is 35.4 Å². The van der Waals surface area contributed by atoms with Crippen LogP contribution in [0.5, 0.6) is 5.75 Å². The Kier molecular flexibility index (Phi) is 6.11. The summed E-state index contributed by atoms with van der Waals surface area (Å²) in [6.45, 7) is 0.755. The number of nitrogens with one attached hydrogen (secondary N) is 2. The molecule has 0 unspecified atom stereocenters. The van der Waals surface area contributed by atoms with Crippen LogP contribution in [-0.4, -0.2) is 15.5 Å². The van der Waals surface area contributed by atoms with Crippen molar-refractivity contribution in [3.05, 3.63) is 90.0 Å². The first kappa shape index (κ1) is 18.9. The summed E-state index contributed by atoms with van der Waals surface area (Å²) in [4.78, 5) is 0.231. The highest BCUT2D eigenvalue weighted by atomic mass is 32.2. The van der Waals surface area contributed by atoms with Gasteiger partial charge in [-0.25, -0.2) is 13.1 Å². The maximum absolute atomic E-state index is 12.8. The van der Waals surface area contributed by atoms with Gasteiger partial charge in [-0.3, -0.25) is 0 Å². The van der Waals surface area contributed by atoms with E-state index in [2.05, 4.69) is 10.0 Å². The van der Waals surface area contributed by atoms with Crippen molar-refractivity contribution < 1.29 is 13.2 Å². The number of para-hydroxylation sites is 1. The largest absolute Gasteiger partial charge is 0.497 e. The predicted molar refractivity (Wildman–Crippen MR) is 107 cm³/mol. The lowest BCUT2D eigenvalue weighted by Crippen LogP contribution is -2.24. The fourth-order valence-electron chi connectivity index (χ4n) is 2.64. The van der Waals surface area contributed by atoms with Crippen molar-refractivity contribution in [3.8, 4) is 5.75 Å². The van der Waals surface area contributed by atoms with Crippen LogP contribution in [0.2, 0.25) is 0 Å². The number of hydrogen-bond acceptors (Lipinski definition) is 4. The zero-order valence-corrected chi connectivity index (χ0v) is 15.9. The average Bonchev–Trinajstić information content (AvgIpc) is 2.72. The lowest BCUT2D eigenvalue weighted by Gasteiger charge is -2.13. The molecular weight excluding hydrogens is 360 g/mol. The Hall–Kier alpha value is -2.83. The summed E-state index contributed by atoms with van der Waals surface area (Å²) in [5.41, 5.74) is 2.50. The van der Waals surface area contributed by atoms with Gasteiger partial charge in [-0.15, -0.1) is 0 Å². The van der Waals surface area contributed by atoms with Gasteiger partial charge in [0.05, 0.1) is 12.8 Å². The van der Waals surface area contributed by atoms with Crippen LogP contribution in [-0.2, 0) is 23.1 Å². The molecule has 0 saturated heterocycles. The summed E-state index contributed by atoms with van der Waals surface area (Å²) in [7, 11) is -2.01. The number of anilines is 1. The molecular formula is C21H22N2O3S. The molecule has 0 aliphatic carbocycles. The number of hydrogen-bond donors (Lipinski definition) is 2. The van der Waals surface area contributed by atoms with E-state index in [1.54, 1.807) is 25.3 Å². The molecule has 0 saturated carbocycles. The van der Waals surface area contributed by atoms with Crippen LogP contribution in [0.1, 0.15) is 11.1 Å². The monoisotopic (exact) mass is 382 g/mol. The Morgan fingerprint density at radius 1 is 0.778 bits per heavy atom. The second-order valence-corrected chi connectivity index (χ2v) is 7.74. The highest BCUT2D eigenvalue weighted by molar-refractivity contribution is 7.89. The molecule has 27 heavy (non-hydrogen) atoms. The van der Waals surface area contributed by atoms with Gasteiger partial charge < -0.3 is 10.1 Å². The van der Waals surface area contributed by atoms with Gasteiger partial charge in [0.15, 0.2) is 0 Å². The number of methoxy groups -OCH3 is 1. The van der Waals surface area contributed by atoms with Gasteiger partial charge in [-0.2, -0.15) is 0 Å². The summed E-state index contributed by atoms with van der Waals surface area (Å²) in [5.74, 6) is 0.784. The van der Waals surface area contributed by atoms with E-state index in [4.69, 9.17) is 4.74 Å². The molecule has 0 bridgehead atoms. The van der Waals surface area contributed by atoms with Crippen LogP contribution in [0.3, 0.4) is 0 Å². The number of ether oxygens (including phenoxy) is 1. The summed E-state index contributed by atoms with van der Waals surface area (Å²) in [6.07, 6.45) is 0. The molecule has 0 radical (unpaired) electrons. The fourth-order valence-corrected chi connectivity index (χ4v) is 3.84. The van der Waals surface area contributed by atoms with Crippen molar-refractivity contribution in [1.82, 2.24) is 4.72 Å². The first-order chi connectivity index (χ1) is 13.1. The molecule has 140 valence electrons. The minimum Gasteiger partial charge on any atom is -0.497 e. The predicted octanol–water partition coefficient (Wildman–Crippen LogP) is 3.79. The molecule has 0 heterocycles. The first-order valence-electron chi connectivity index (χ1n) is 8.58. The Bertz CT molecular complexity index is 972. The van der Waals surface area contributed by atoms with Crippen molar-refractivity contribution >= 4 is 15.7 Å². The maximum Gasteiger partial charge on any atom is 0.242 e. The average molecular weight is 382 g/mol. The van der Waals surface area contributed by atoms with E-state index in [9.17, 15) is 8.42 Å². The van der Waals surface area contributed by atoms with Crippen molar-refractivity contribution in [1.29, 1.82) is 0 Å². The normalized spacial score (nSPS) is 11.1. The van der Waals surface area contributed by atoms with E-state index in [0.717, 1.165) is 16.9 Å². The molecule has 6 heteroatoms. The van der Waals surface area contributed by atoms with Gasteiger partial charge in [-0.1, -0.05) is 54.6 Å². The van der Waals surface area contributed by atoms with Crippen LogP contribution in [0.25, 0.3) is 0 Å². The van der Waals surface area contributed by atoms with E-state index in [1.807, 2.05) is 60.7 Å². The number of benzene rings is 3. The molecule has 3 rings (SSSR count). The van der Waals surface area contributed by atoms with Crippen LogP contribution in [0.15, 0.2) is 83.8 Å². The Balaban J connectivity index is 1.72. The standard InChI is InChI=1S/C21H22N2O3S/c1-26-19-13-11-18(12-14-19)15-22-20-9-5-6-10-21(20)27(24,25)23-16-17-7-3-2-4-8-17/h2-14,22-23H,15-16H2,1H3. The fraction of sp³-hybridized carbons (Fsp3) is 0.143. The smallest absolute Gasteiger partial charge is 0.242 e. The van der Waals surface area contributed by atoms with E-state index in [-0.39, 0.29) is 11.4 Å². The zero-order valence-electron chi connectivity index (χ0n) is 15.1. The van der Waals surface area contributed by atoms with Crippen molar-refractivity contribution in [2.24, 2.45) is 0 Å². The van der Waals surface area contributed by atoms with E-state index >= 15 is 0 Å². The van der Waals surface area contributed by atoms with Crippen LogP contribution < -0.4 is 14.8 Å². The lowest BCUT2D eigenvalue weighted by molar-refractivity contribution is 0.414. The van der Waals surface area contributed by atoms with E-state index in [1.165, 1.54) is 0 Å². The SMILES string of the molecule is COc1ccc(CNc2ccccc2S(=O)(=O)NCc2ccccc2)cc1. The lowest BCUT2D eigenvalue weighted by atomic mass is 10.2. The molecule has 5 nitrogen and oxygen atoms in total. The van der Waals surface area contributed by atoms with Crippen LogP contribution >= 0.6 is 0 Å². The summed E-state index contributed by atoms with van der Waals surface area (Å²) < 4.78 is 33.3. The third kappa shape index (κ3) is 5.09. The first-order valence-corrected chi connectivity index (χ1v) is 10.1. The second-order valence-electron chi connectivity index (χ2n) is 6.01. The zero-order chi connectivity index (χ0) is 19.1. The Morgan fingerprint density at radius 2 is 1.41 bits per heavy atom. The molecule has 0 spiro atoms. The Labute approximate surface area is 160 Å². The molecule has 0 amide bonds. The van der Waals surface area contributed by atoms with Gasteiger partial charge in [0, 0.05) is 13.1 Å².